The van der Waals surface area contributed by atoms with Crippen molar-refractivity contribution in [1.29, 1.82) is 0 Å². The van der Waals surface area contributed by atoms with E-state index in [0.29, 0.717) is 17.0 Å². The van der Waals surface area contributed by atoms with Crippen molar-refractivity contribution >= 4 is 17.4 Å². The molecule has 0 fully saturated rings. The van der Waals surface area contributed by atoms with Crippen molar-refractivity contribution in [2.45, 2.75) is 39.3 Å². The molecule has 0 bridgehead atoms. The van der Waals surface area contributed by atoms with Crippen LogP contribution in [0.4, 0.5) is 5.69 Å². The lowest BCUT2D eigenvalue weighted by Crippen LogP contribution is -2.41. The molecule has 0 aliphatic carbocycles. The minimum atomic E-state index is -1.82. The summed E-state index contributed by atoms with van der Waals surface area (Å²) in [6.45, 7) is 5.41. The average Bonchev–Trinajstić information content (AvgIpc) is 2.81. The molecule has 26 heavy (non-hydrogen) atoms. The van der Waals surface area contributed by atoms with E-state index >= 15 is 0 Å². The molecule has 2 aromatic carbocycles. The standard InChI is InChI=1S/C21H23NO4/c1-13-9-10-14(2)19-18(13)21(25,11-15(3)23)20(24)22(19)12-16-7-5-6-8-17(16)26-4/h5-10,25H,11-12H2,1-4H3. The van der Waals surface area contributed by atoms with Crippen LogP contribution in [-0.2, 0) is 21.7 Å². The molecule has 1 heterocycles. The molecule has 2 aromatic rings. The summed E-state index contributed by atoms with van der Waals surface area (Å²) in [5, 5.41) is 11.2. The Kier molecular flexibility index (Phi) is 4.59. The van der Waals surface area contributed by atoms with Crippen molar-refractivity contribution in [1.82, 2.24) is 0 Å². The molecule has 0 aromatic heterocycles. The van der Waals surface area contributed by atoms with E-state index in [1.165, 1.54) is 6.92 Å². The summed E-state index contributed by atoms with van der Waals surface area (Å²) in [4.78, 5) is 26.6. The number of ether oxygens (including phenoxy) is 1. The summed E-state index contributed by atoms with van der Waals surface area (Å²) in [6.07, 6.45) is -0.231. The van der Waals surface area contributed by atoms with Gasteiger partial charge in [-0.1, -0.05) is 30.3 Å². The number of para-hydroxylation sites is 1. The number of methoxy groups -OCH3 is 1. The molecule has 0 radical (unpaired) electrons. The molecule has 5 heteroatoms. The van der Waals surface area contributed by atoms with Gasteiger partial charge in [0.25, 0.3) is 5.91 Å². The van der Waals surface area contributed by atoms with Gasteiger partial charge in [0.2, 0.25) is 0 Å². The van der Waals surface area contributed by atoms with Crippen molar-refractivity contribution < 1.29 is 19.4 Å². The Morgan fingerprint density at radius 1 is 1.15 bits per heavy atom. The lowest BCUT2D eigenvalue weighted by atomic mass is 9.86. The number of amides is 1. The monoisotopic (exact) mass is 353 g/mol. The SMILES string of the molecule is COc1ccccc1CN1C(=O)C(O)(CC(C)=O)c2c(C)ccc(C)c21. The molecular weight excluding hydrogens is 330 g/mol. The minimum Gasteiger partial charge on any atom is -0.496 e. The zero-order valence-electron chi connectivity index (χ0n) is 15.5. The number of Topliss-reactive ketones (excluding diaryl/α,β-unsaturated/α-hetero) is 1. The molecular formula is C21H23NO4. The minimum absolute atomic E-state index is 0.230. The Hall–Kier alpha value is -2.66. The van der Waals surface area contributed by atoms with Crippen LogP contribution >= 0.6 is 0 Å². The van der Waals surface area contributed by atoms with E-state index in [9.17, 15) is 14.7 Å². The number of rotatable bonds is 5. The lowest BCUT2D eigenvalue weighted by Gasteiger charge is -2.23. The van der Waals surface area contributed by atoms with E-state index in [1.54, 1.807) is 12.0 Å². The molecule has 1 atom stereocenters. The van der Waals surface area contributed by atoms with Crippen LogP contribution in [0.25, 0.3) is 0 Å². The molecule has 1 unspecified atom stereocenters. The first-order valence-electron chi connectivity index (χ1n) is 8.56. The van der Waals surface area contributed by atoms with Gasteiger partial charge in [-0.2, -0.15) is 0 Å². The highest BCUT2D eigenvalue weighted by Gasteiger charge is 2.51. The van der Waals surface area contributed by atoms with Gasteiger partial charge in [-0.3, -0.25) is 9.59 Å². The zero-order chi connectivity index (χ0) is 19.1. The second-order valence-corrected chi connectivity index (χ2v) is 6.87. The molecule has 1 amide bonds. The number of carbonyl (C=O) groups is 2. The Balaban J connectivity index is 2.15. The average molecular weight is 353 g/mol. The highest BCUT2D eigenvalue weighted by atomic mass is 16.5. The molecule has 5 nitrogen and oxygen atoms in total. The summed E-state index contributed by atoms with van der Waals surface area (Å²) in [7, 11) is 1.58. The summed E-state index contributed by atoms with van der Waals surface area (Å²) in [5.74, 6) is -0.0213. The number of ketones is 1. The fraction of sp³-hybridized carbons (Fsp3) is 0.333. The van der Waals surface area contributed by atoms with Crippen LogP contribution in [0.1, 0.15) is 35.6 Å². The van der Waals surface area contributed by atoms with Gasteiger partial charge in [-0.15, -0.1) is 0 Å². The second-order valence-electron chi connectivity index (χ2n) is 6.87. The van der Waals surface area contributed by atoms with Crippen molar-refractivity contribution in [3.05, 3.63) is 58.7 Å². The molecule has 136 valence electrons. The Labute approximate surface area is 153 Å². The van der Waals surface area contributed by atoms with E-state index in [1.807, 2.05) is 50.2 Å². The van der Waals surface area contributed by atoms with Crippen LogP contribution in [0.2, 0.25) is 0 Å². The summed E-state index contributed by atoms with van der Waals surface area (Å²) < 4.78 is 5.39. The summed E-state index contributed by atoms with van der Waals surface area (Å²) >= 11 is 0. The van der Waals surface area contributed by atoms with E-state index in [0.717, 1.165) is 16.7 Å². The molecule has 1 aliphatic rings. The van der Waals surface area contributed by atoms with Crippen molar-refractivity contribution in [3.8, 4) is 5.75 Å². The van der Waals surface area contributed by atoms with Crippen LogP contribution in [0.5, 0.6) is 5.75 Å². The van der Waals surface area contributed by atoms with Crippen LogP contribution in [0.15, 0.2) is 36.4 Å². The molecule has 3 rings (SSSR count). The Morgan fingerprint density at radius 3 is 2.46 bits per heavy atom. The largest absolute Gasteiger partial charge is 0.496 e. The molecule has 1 N–H and O–H groups in total. The number of benzene rings is 2. The fourth-order valence-corrected chi connectivity index (χ4v) is 3.78. The summed E-state index contributed by atoms with van der Waals surface area (Å²) in [6, 6.07) is 11.3. The van der Waals surface area contributed by atoms with Gasteiger partial charge in [0.15, 0.2) is 5.60 Å². The smallest absolute Gasteiger partial charge is 0.264 e. The predicted octanol–water partition coefficient (Wildman–Crippen LogP) is 3.03. The van der Waals surface area contributed by atoms with E-state index in [-0.39, 0.29) is 18.7 Å². The van der Waals surface area contributed by atoms with Gasteiger partial charge in [-0.25, -0.2) is 0 Å². The first kappa shape index (κ1) is 18.1. The van der Waals surface area contributed by atoms with Gasteiger partial charge in [0.1, 0.15) is 11.5 Å². The van der Waals surface area contributed by atoms with Gasteiger partial charge in [0.05, 0.1) is 19.3 Å². The van der Waals surface area contributed by atoms with E-state index < -0.39 is 11.5 Å². The molecule has 0 spiro atoms. The molecule has 0 saturated heterocycles. The number of fused-ring (bicyclic) bond motifs is 1. The maximum Gasteiger partial charge on any atom is 0.264 e. The number of nitrogens with zero attached hydrogens (tertiary/aromatic N) is 1. The normalized spacial score (nSPS) is 18.8. The van der Waals surface area contributed by atoms with Gasteiger partial charge >= 0.3 is 0 Å². The topological polar surface area (TPSA) is 66.8 Å². The van der Waals surface area contributed by atoms with Crippen LogP contribution in [-0.4, -0.2) is 23.9 Å². The van der Waals surface area contributed by atoms with Crippen molar-refractivity contribution in [3.63, 3.8) is 0 Å². The Bertz CT molecular complexity index is 890. The number of carbonyl (C=O) groups excluding carboxylic acids is 2. The number of hydrogen-bond acceptors (Lipinski definition) is 4. The highest BCUT2D eigenvalue weighted by molar-refractivity contribution is 6.09. The number of aliphatic hydroxyl groups is 1. The Morgan fingerprint density at radius 2 is 1.81 bits per heavy atom. The second kappa shape index (κ2) is 6.57. The number of aryl methyl sites for hydroxylation is 2. The predicted molar refractivity (Wildman–Crippen MR) is 99.3 cm³/mol. The quantitative estimate of drug-likeness (QED) is 0.897. The van der Waals surface area contributed by atoms with E-state index in [2.05, 4.69) is 0 Å². The van der Waals surface area contributed by atoms with Crippen molar-refractivity contribution in [2.75, 3.05) is 12.0 Å². The fourth-order valence-electron chi connectivity index (χ4n) is 3.78. The zero-order valence-corrected chi connectivity index (χ0v) is 15.5. The maximum atomic E-state index is 13.2. The number of hydrogen-bond donors (Lipinski definition) is 1. The maximum absolute atomic E-state index is 13.2. The lowest BCUT2D eigenvalue weighted by molar-refractivity contribution is -0.141. The first-order chi connectivity index (χ1) is 12.3. The van der Waals surface area contributed by atoms with Gasteiger partial charge in [0, 0.05) is 17.5 Å². The van der Waals surface area contributed by atoms with Crippen LogP contribution in [0.3, 0.4) is 0 Å². The first-order valence-corrected chi connectivity index (χ1v) is 8.56. The summed E-state index contributed by atoms with van der Waals surface area (Å²) in [5.41, 5.74) is 1.91. The number of anilines is 1. The third-order valence-electron chi connectivity index (χ3n) is 4.90. The van der Waals surface area contributed by atoms with Crippen LogP contribution < -0.4 is 9.64 Å². The third-order valence-corrected chi connectivity index (χ3v) is 4.90. The van der Waals surface area contributed by atoms with E-state index in [4.69, 9.17) is 4.74 Å². The van der Waals surface area contributed by atoms with Gasteiger partial charge < -0.3 is 14.7 Å². The molecule has 1 aliphatic heterocycles. The van der Waals surface area contributed by atoms with Crippen LogP contribution in [0, 0.1) is 13.8 Å². The van der Waals surface area contributed by atoms with Gasteiger partial charge in [-0.05, 0) is 38.0 Å². The molecule has 0 saturated carbocycles. The van der Waals surface area contributed by atoms with Crippen molar-refractivity contribution in [2.24, 2.45) is 0 Å². The highest BCUT2D eigenvalue weighted by Crippen LogP contribution is 2.47. The third kappa shape index (κ3) is 2.78.